The molecule has 0 N–H and O–H groups in total. The van der Waals surface area contributed by atoms with E-state index in [-0.39, 0.29) is 24.4 Å². The molecule has 0 spiro atoms. The number of benzene rings is 1. The van der Waals surface area contributed by atoms with Crippen molar-refractivity contribution in [3.8, 4) is 0 Å². The van der Waals surface area contributed by atoms with Crippen molar-refractivity contribution in [3.63, 3.8) is 0 Å². The molecule has 1 unspecified atom stereocenters. The highest BCUT2D eigenvalue weighted by atomic mass is 16.2. The quantitative estimate of drug-likeness (QED) is 0.577. The van der Waals surface area contributed by atoms with Crippen LogP contribution in [-0.4, -0.2) is 62.6 Å². The smallest absolute Gasteiger partial charge is 0.272 e. The zero-order valence-electron chi connectivity index (χ0n) is 18.4. The van der Waals surface area contributed by atoms with Crippen molar-refractivity contribution in [2.45, 2.75) is 31.8 Å². The molecule has 0 aliphatic carbocycles. The van der Waals surface area contributed by atoms with Crippen LogP contribution in [-0.2, 0) is 17.8 Å². The number of piperidine rings is 1. The number of hydrogen-bond acceptors (Lipinski definition) is 4. The third kappa shape index (κ3) is 5.22. The maximum atomic E-state index is 13.2. The molecule has 1 atom stereocenters. The lowest BCUT2D eigenvalue weighted by Gasteiger charge is -2.40. The van der Waals surface area contributed by atoms with E-state index in [1.807, 2.05) is 53.2 Å². The van der Waals surface area contributed by atoms with E-state index in [0.717, 1.165) is 19.3 Å². The molecule has 1 aromatic carbocycles. The Hall–Kier alpha value is -3.48. The first-order chi connectivity index (χ1) is 15.6. The average Bonchev–Trinajstić information content (AvgIpc) is 3.36. The Balaban J connectivity index is 1.45. The number of aromatic nitrogens is 3. The number of amides is 2. The molecule has 3 aromatic rings. The third-order valence-electron chi connectivity index (χ3n) is 6.28. The molecule has 1 saturated heterocycles. The first-order valence-electron chi connectivity index (χ1n) is 11.1. The summed E-state index contributed by atoms with van der Waals surface area (Å²) in [6, 6.07) is 17.5. The molecule has 1 aliphatic heterocycles. The second-order valence-corrected chi connectivity index (χ2v) is 8.31. The minimum absolute atomic E-state index is 0.0373. The maximum Gasteiger partial charge on any atom is 0.272 e. The predicted octanol–water partition coefficient (Wildman–Crippen LogP) is 2.90. The lowest BCUT2D eigenvalue weighted by Crippen LogP contribution is -2.49. The standard InChI is InChI=1S/C25H29N5O2/c1-28(25(32)22-10-5-6-13-26-22)23(18-20-8-3-2-4-9-20)21-11-16-29(17-12-21)24(31)19-30-15-7-14-27-30/h2-10,13-15,21,23H,11-12,16-19H2,1H3. The van der Waals surface area contributed by atoms with E-state index in [1.165, 1.54) is 5.56 Å². The van der Waals surface area contributed by atoms with E-state index in [2.05, 4.69) is 22.2 Å². The van der Waals surface area contributed by atoms with Crippen LogP contribution in [0.1, 0.15) is 28.9 Å². The second kappa shape index (κ2) is 10.2. The summed E-state index contributed by atoms with van der Waals surface area (Å²) >= 11 is 0. The van der Waals surface area contributed by atoms with Gasteiger partial charge in [0.25, 0.3) is 5.91 Å². The number of pyridine rings is 1. The van der Waals surface area contributed by atoms with Gasteiger partial charge in [-0.2, -0.15) is 5.10 Å². The average molecular weight is 432 g/mol. The van der Waals surface area contributed by atoms with E-state index in [9.17, 15) is 9.59 Å². The molecule has 0 saturated carbocycles. The Morgan fingerprint density at radius 1 is 1.03 bits per heavy atom. The molecule has 0 bridgehead atoms. The fourth-order valence-electron chi connectivity index (χ4n) is 4.46. The van der Waals surface area contributed by atoms with Crippen molar-refractivity contribution < 1.29 is 9.59 Å². The van der Waals surface area contributed by atoms with Gasteiger partial charge in [0.05, 0.1) is 0 Å². The number of likely N-dealkylation sites (N-methyl/N-ethyl adjacent to an activating group) is 1. The largest absolute Gasteiger partial charge is 0.341 e. The molecule has 2 amide bonds. The summed E-state index contributed by atoms with van der Waals surface area (Å²) in [6.07, 6.45) is 7.64. The zero-order chi connectivity index (χ0) is 22.3. The van der Waals surface area contributed by atoms with Gasteiger partial charge in [-0.3, -0.25) is 19.3 Å². The summed E-state index contributed by atoms with van der Waals surface area (Å²) in [7, 11) is 1.87. The first-order valence-corrected chi connectivity index (χ1v) is 11.1. The van der Waals surface area contributed by atoms with E-state index in [0.29, 0.717) is 24.7 Å². The van der Waals surface area contributed by atoms with Crippen LogP contribution in [0.15, 0.2) is 73.2 Å². The highest BCUT2D eigenvalue weighted by Gasteiger charge is 2.33. The normalized spacial score (nSPS) is 15.3. The monoisotopic (exact) mass is 431 g/mol. The van der Waals surface area contributed by atoms with Crippen molar-refractivity contribution in [3.05, 3.63) is 84.4 Å². The van der Waals surface area contributed by atoms with Gasteiger partial charge >= 0.3 is 0 Å². The van der Waals surface area contributed by atoms with Gasteiger partial charge < -0.3 is 9.80 Å². The summed E-state index contributed by atoms with van der Waals surface area (Å²) in [5, 5.41) is 4.13. The molecule has 1 aliphatic rings. The summed E-state index contributed by atoms with van der Waals surface area (Å²) in [4.78, 5) is 33.8. The lowest BCUT2D eigenvalue weighted by atomic mass is 9.84. The molecule has 32 heavy (non-hydrogen) atoms. The van der Waals surface area contributed by atoms with Crippen LogP contribution in [0.25, 0.3) is 0 Å². The van der Waals surface area contributed by atoms with Gasteiger partial charge in [0.2, 0.25) is 5.91 Å². The van der Waals surface area contributed by atoms with E-state index < -0.39 is 0 Å². The minimum Gasteiger partial charge on any atom is -0.341 e. The summed E-state index contributed by atoms with van der Waals surface area (Å²) < 4.78 is 1.66. The SMILES string of the molecule is CN(C(=O)c1ccccn1)C(Cc1ccccc1)C1CCN(C(=O)Cn2cccn2)CC1. The van der Waals surface area contributed by atoms with Gasteiger partial charge in [0, 0.05) is 44.8 Å². The number of carbonyl (C=O) groups excluding carboxylic acids is 2. The fourth-order valence-corrected chi connectivity index (χ4v) is 4.46. The topological polar surface area (TPSA) is 71.3 Å². The van der Waals surface area contributed by atoms with Gasteiger partial charge in [-0.25, -0.2) is 0 Å². The molecule has 1 fully saturated rings. The van der Waals surface area contributed by atoms with Crippen LogP contribution in [0, 0.1) is 5.92 Å². The maximum absolute atomic E-state index is 13.2. The molecular formula is C25H29N5O2. The highest BCUT2D eigenvalue weighted by molar-refractivity contribution is 5.92. The van der Waals surface area contributed by atoms with E-state index >= 15 is 0 Å². The Kier molecular flexibility index (Phi) is 6.94. The number of rotatable bonds is 7. The van der Waals surface area contributed by atoms with E-state index in [4.69, 9.17) is 0 Å². The number of carbonyl (C=O) groups is 2. The molecule has 2 aromatic heterocycles. The van der Waals surface area contributed by atoms with Crippen molar-refractivity contribution in [1.82, 2.24) is 24.6 Å². The minimum atomic E-state index is -0.0660. The Bertz CT molecular complexity index is 999. The number of hydrogen-bond donors (Lipinski definition) is 0. The first kappa shape index (κ1) is 21.7. The van der Waals surface area contributed by atoms with Gasteiger partial charge in [-0.1, -0.05) is 36.4 Å². The zero-order valence-corrected chi connectivity index (χ0v) is 18.4. The van der Waals surface area contributed by atoms with Crippen LogP contribution in [0.5, 0.6) is 0 Å². The fraction of sp³-hybridized carbons (Fsp3) is 0.360. The van der Waals surface area contributed by atoms with Crippen molar-refractivity contribution >= 4 is 11.8 Å². The third-order valence-corrected chi connectivity index (χ3v) is 6.28. The molecule has 7 heteroatoms. The summed E-state index contributed by atoms with van der Waals surface area (Å²) in [5.74, 6) is 0.329. The Labute approximate surface area is 188 Å². The van der Waals surface area contributed by atoms with Gasteiger partial charge in [0.1, 0.15) is 12.2 Å². The molecule has 166 valence electrons. The Morgan fingerprint density at radius 3 is 2.44 bits per heavy atom. The number of nitrogens with zero attached hydrogens (tertiary/aromatic N) is 5. The van der Waals surface area contributed by atoms with Gasteiger partial charge in [-0.15, -0.1) is 0 Å². The summed E-state index contributed by atoms with van der Waals surface area (Å²) in [5.41, 5.74) is 1.66. The summed E-state index contributed by atoms with van der Waals surface area (Å²) in [6.45, 7) is 1.66. The highest BCUT2D eigenvalue weighted by Crippen LogP contribution is 2.27. The van der Waals surface area contributed by atoms with Crippen molar-refractivity contribution in [2.24, 2.45) is 5.92 Å². The molecule has 3 heterocycles. The second-order valence-electron chi connectivity index (χ2n) is 8.31. The predicted molar refractivity (Wildman–Crippen MR) is 122 cm³/mol. The molecule has 0 radical (unpaired) electrons. The molecule has 4 rings (SSSR count). The number of likely N-dealkylation sites (tertiary alicyclic amines) is 1. The van der Waals surface area contributed by atoms with Gasteiger partial charge in [0.15, 0.2) is 0 Å². The van der Waals surface area contributed by atoms with Crippen LogP contribution >= 0.6 is 0 Å². The molecular weight excluding hydrogens is 402 g/mol. The van der Waals surface area contributed by atoms with Gasteiger partial charge in [-0.05, 0) is 48.9 Å². The van der Waals surface area contributed by atoms with Crippen LogP contribution in [0.4, 0.5) is 0 Å². The molecule has 7 nitrogen and oxygen atoms in total. The van der Waals surface area contributed by atoms with Crippen molar-refractivity contribution in [2.75, 3.05) is 20.1 Å². The van der Waals surface area contributed by atoms with E-state index in [1.54, 1.807) is 29.3 Å². The lowest BCUT2D eigenvalue weighted by molar-refractivity contribution is -0.133. The van der Waals surface area contributed by atoms with Crippen LogP contribution in [0.3, 0.4) is 0 Å². The van der Waals surface area contributed by atoms with Crippen molar-refractivity contribution in [1.29, 1.82) is 0 Å². The Morgan fingerprint density at radius 2 is 1.78 bits per heavy atom. The van der Waals surface area contributed by atoms with Crippen LogP contribution in [0.2, 0.25) is 0 Å². The van der Waals surface area contributed by atoms with Crippen LogP contribution < -0.4 is 0 Å².